The van der Waals surface area contributed by atoms with Crippen molar-refractivity contribution in [1.29, 1.82) is 0 Å². The van der Waals surface area contributed by atoms with Crippen LogP contribution in [0.2, 0.25) is 0 Å². The van der Waals surface area contributed by atoms with Crippen LogP contribution in [0.1, 0.15) is 25.3 Å². The maximum absolute atomic E-state index is 11.9. The van der Waals surface area contributed by atoms with E-state index in [0.29, 0.717) is 11.4 Å². The number of hydrogen-bond donors (Lipinski definition) is 1. The monoisotopic (exact) mass is 247 g/mol. The molecular formula is C12H16F3NO. The van der Waals surface area contributed by atoms with E-state index >= 15 is 0 Å². The molecule has 2 nitrogen and oxygen atoms in total. The zero-order valence-corrected chi connectivity index (χ0v) is 9.68. The average Bonchev–Trinajstić information content (AvgIpc) is 2.24. The number of benzene rings is 1. The Balaban J connectivity index is 2.42. The fourth-order valence-corrected chi connectivity index (χ4v) is 1.40. The number of nitrogens with two attached hydrogens (primary N) is 1. The van der Waals surface area contributed by atoms with Gasteiger partial charge in [-0.1, -0.05) is 13.0 Å². The largest absolute Gasteiger partial charge is 0.491 e. The van der Waals surface area contributed by atoms with Gasteiger partial charge < -0.3 is 10.5 Å². The van der Waals surface area contributed by atoms with Crippen LogP contribution < -0.4 is 10.5 Å². The third kappa shape index (κ3) is 4.97. The minimum atomic E-state index is -4.12. The summed E-state index contributed by atoms with van der Waals surface area (Å²) in [6.45, 7) is 2.02. The molecule has 0 amide bonds. The predicted molar refractivity (Wildman–Crippen MR) is 61.0 cm³/mol. The summed E-state index contributed by atoms with van der Waals surface area (Å²) < 4.78 is 40.8. The van der Waals surface area contributed by atoms with E-state index in [4.69, 9.17) is 10.5 Å². The van der Waals surface area contributed by atoms with E-state index in [1.807, 2.05) is 13.0 Å². The van der Waals surface area contributed by atoms with Crippen LogP contribution in [0.3, 0.4) is 0 Å². The Kier molecular flexibility index (Phi) is 4.66. The van der Waals surface area contributed by atoms with Crippen molar-refractivity contribution in [3.63, 3.8) is 0 Å². The average molecular weight is 247 g/mol. The number of rotatable bonds is 5. The Morgan fingerprint density at radius 1 is 1.29 bits per heavy atom. The van der Waals surface area contributed by atoms with Crippen molar-refractivity contribution in [1.82, 2.24) is 0 Å². The molecule has 0 aliphatic rings. The summed E-state index contributed by atoms with van der Waals surface area (Å²) in [6, 6.07) is 5.33. The van der Waals surface area contributed by atoms with Crippen molar-refractivity contribution in [3.05, 3.63) is 23.8 Å². The second kappa shape index (κ2) is 5.80. The SMILES string of the molecule is CCc1ccc(OCCCC(F)(F)F)c(N)c1. The van der Waals surface area contributed by atoms with Crippen molar-refractivity contribution >= 4 is 5.69 Å². The summed E-state index contributed by atoms with van der Waals surface area (Å²) in [7, 11) is 0. The van der Waals surface area contributed by atoms with Gasteiger partial charge in [-0.2, -0.15) is 13.2 Å². The Morgan fingerprint density at radius 3 is 2.53 bits per heavy atom. The third-order valence-electron chi connectivity index (χ3n) is 2.34. The first-order valence-electron chi connectivity index (χ1n) is 5.50. The molecule has 1 rings (SSSR count). The lowest BCUT2D eigenvalue weighted by Crippen LogP contribution is -2.10. The second-order valence-corrected chi connectivity index (χ2v) is 3.79. The number of alkyl halides is 3. The molecule has 0 radical (unpaired) electrons. The van der Waals surface area contributed by atoms with Gasteiger partial charge >= 0.3 is 6.18 Å². The Hall–Kier alpha value is -1.39. The van der Waals surface area contributed by atoms with Crippen LogP contribution in [0.5, 0.6) is 5.75 Å². The standard InChI is InChI=1S/C12H16F3NO/c1-2-9-4-5-11(10(16)8-9)17-7-3-6-12(13,14)15/h4-5,8H,2-3,6-7,16H2,1H3. The summed E-state index contributed by atoms with van der Waals surface area (Å²) in [5.74, 6) is 0.448. The van der Waals surface area contributed by atoms with E-state index in [9.17, 15) is 13.2 Å². The number of nitrogen functional groups attached to an aromatic ring is 1. The van der Waals surface area contributed by atoms with Crippen molar-refractivity contribution in [2.75, 3.05) is 12.3 Å². The lowest BCUT2D eigenvalue weighted by Gasteiger charge is -2.10. The number of anilines is 1. The highest BCUT2D eigenvalue weighted by atomic mass is 19.4. The van der Waals surface area contributed by atoms with E-state index in [0.717, 1.165) is 12.0 Å². The maximum atomic E-state index is 11.9. The first kappa shape index (κ1) is 13.7. The minimum Gasteiger partial charge on any atom is -0.491 e. The highest BCUT2D eigenvalue weighted by Crippen LogP contribution is 2.24. The first-order valence-corrected chi connectivity index (χ1v) is 5.50. The van der Waals surface area contributed by atoms with Gasteiger partial charge in [0.25, 0.3) is 0 Å². The number of ether oxygens (including phenoxy) is 1. The van der Waals surface area contributed by atoms with Gasteiger partial charge in [0, 0.05) is 6.42 Å². The number of halogens is 3. The lowest BCUT2D eigenvalue weighted by molar-refractivity contribution is -0.136. The van der Waals surface area contributed by atoms with E-state index in [1.165, 1.54) is 0 Å². The van der Waals surface area contributed by atoms with Crippen molar-refractivity contribution in [2.45, 2.75) is 32.4 Å². The van der Waals surface area contributed by atoms with Crippen LogP contribution in [-0.2, 0) is 6.42 Å². The number of hydrogen-bond acceptors (Lipinski definition) is 2. The molecule has 0 unspecified atom stereocenters. The van der Waals surface area contributed by atoms with Gasteiger partial charge in [-0.25, -0.2) is 0 Å². The molecule has 0 aromatic heterocycles. The van der Waals surface area contributed by atoms with Gasteiger partial charge in [0.05, 0.1) is 12.3 Å². The highest BCUT2D eigenvalue weighted by molar-refractivity contribution is 5.54. The van der Waals surface area contributed by atoms with Crippen molar-refractivity contribution in [3.8, 4) is 5.75 Å². The van der Waals surface area contributed by atoms with Crippen LogP contribution in [0.4, 0.5) is 18.9 Å². The Labute approximate surface area is 98.6 Å². The van der Waals surface area contributed by atoms with Gasteiger partial charge in [-0.15, -0.1) is 0 Å². The van der Waals surface area contributed by atoms with Crippen LogP contribution in [-0.4, -0.2) is 12.8 Å². The van der Waals surface area contributed by atoms with Gasteiger partial charge in [0.15, 0.2) is 0 Å². The van der Waals surface area contributed by atoms with Crippen LogP contribution in [0.25, 0.3) is 0 Å². The molecule has 0 bridgehead atoms. The van der Waals surface area contributed by atoms with Crippen LogP contribution in [0, 0.1) is 0 Å². The van der Waals surface area contributed by atoms with E-state index in [1.54, 1.807) is 12.1 Å². The summed E-state index contributed by atoms with van der Waals surface area (Å²) in [4.78, 5) is 0. The first-order chi connectivity index (χ1) is 7.92. The van der Waals surface area contributed by atoms with E-state index in [2.05, 4.69) is 0 Å². The smallest absolute Gasteiger partial charge is 0.389 e. The minimum absolute atomic E-state index is 0.0230. The fraction of sp³-hybridized carbons (Fsp3) is 0.500. The molecule has 0 fully saturated rings. The topological polar surface area (TPSA) is 35.2 Å². The van der Waals surface area contributed by atoms with Gasteiger partial charge in [-0.3, -0.25) is 0 Å². The molecule has 1 aromatic carbocycles. The molecule has 5 heteroatoms. The summed E-state index contributed by atoms with van der Waals surface area (Å²) in [5.41, 5.74) is 7.26. The molecule has 1 aromatic rings. The van der Waals surface area contributed by atoms with Gasteiger partial charge in [0.2, 0.25) is 0 Å². The van der Waals surface area contributed by atoms with Gasteiger partial charge in [-0.05, 0) is 30.5 Å². The fourth-order valence-electron chi connectivity index (χ4n) is 1.40. The molecule has 0 saturated carbocycles. The zero-order chi connectivity index (χ0) is 12.9. The zero-order valence-electron chi connectivity index (χ0n) is 9.68. The molecule has 2 N–H and O–H groups in total. The third-order valence-corrected chi connectivity index (χ3v) is 2.34. The Bertz CT molecular complexity index is 363. The summed E-state index contributed by atoms with van der Waals surface area (Å²) in [6.07, 6.45) is -4.15. The lowest BCUT2D eigenvalue weighted by atomic mass is 10.1. The van der Waals surface area contributed by atoms with E-state index < -0.39 is 12.6 Å². The molecule has 0 heterocycles. The summed E-state index contributed by atoms with van der Waals surface area (Å²) in [5, 5.41) is 0. The molecule has 0 atom stereocenters. The quantitative estimate of drug-likeness (QED) is 0.638. The van der Waals surface area contributed by atoms with Gasteiger partial charge in [0.1, 0.15) is 5.75 Å². The normalized spacial score (nSPS) is 11.5. The molecule has 0 saturated heterocycles. The van der Waals surface area contributed by atoms with Crippen molar-refractivity contribution < 1.29 is 17.9 Å². The maximum Gasteiger partial charge on any atom is 0.389 e. The van der Waals surface area contributed by atoms with Crippen LogP contribution >= 0.6 is 0 Å². The van der Waals surface area contributed by atoms with Crippen molar-refractivity contribution in [2.24, 2.45) is 0 Å². The highest BCUT2D eigenvalue weighted by Gasteiger charge is 2.26. The molecule has 0 aliphatic heterocycles. The Morgan fingerprint density at radius 2 is 2.00 bits per heavy atom. The predicted octanol–water partition coefficient (Wildman–Crippen LogP) is 3.55. The summed E-state index contributed by atoms with van der Waals surface area (Å²) >= 11 is 0. The molecule has 0 spiro atoms. The molecule has 96 valence electrons. The molecule has 17 heavy (non-hydrogen) atoms. The molecule has 0 aliphatic carbocycles. The van der Waals surface area contributed by atoms with Crippen LogP contribution in [0.15, 0.2) is 18.2 Å². The second-order valence-electron chi connectivity index (χ2n) is 3.79. The van der Waals surface area contributed by atoms with E-state index in [-0.39, 0.29) is 13.0 Å². The molecular weight excluding hydrogens is 231 g/mol. The number of aryl methyl sites for hydroxylation is 1.